The van der Waals surface area contributed by atoms with Gasteiger partial charge in [0.2, 0.25) is 5.91 Å². The average Bonchev–Trinajstić information content (AvgIpc) is 2.60. The standard InChI is InChI=1S/C19H24N2O2/c1-3-21(15-16-10-6-5-7-11-16)19(22)14-20-17-12-8-9-13-18(17)23-4-2/h5-13,20H,3-4,14-15H2,1-2H3. The summed E-state index contributed by atoms with van der Waals surface area (Å²) in [5.41, 5.74) is 1.98. The number of hydrogen-bond donors (Lipinski definition) is 1. The van der Waals surface area contributed by atoms with Gasteiger partial charge in [0.25, 0.3) is 0 Å². The summed E-state index contributed by atoms with van der Waals surface area (Å²) in [6.45, 7) is 6.11. The topological polar surface area (TPSA) is 41.6 Å². The molecule has 0 radical (unpaired) electrons. The van der Waals surface area contributed by atoms with Crippen molar-refractivity contribution in [2.24, 2.45) is 0 Å². The Bertz CT molecular complexity index is 614. The third kappa shape index (κ3) is 5.02. The first-order valence-corrected chi connectivity index (χ1v) is 8.02. The number of para-hydroxylation sites is 2. The summed E-state index contributed by atoms with van der Waals surface area (Å²) in [5, 5.41) is 3.18. The molecule has 0 saturated carbocycles. The van der Waals surface area contributed by atoms with E-state index in [9.17, 15) is 4.79 Å². The van der Waals surface area contributed by atoms with Gasteiger partial charge < -0.3 is 15.0 Å². The molecule has 2 rings (SSSR count). The maximum atomic E-state index is 12.4. The summed E-state index contributed by atoms with van der Waals surface area (Å²) in [6, 6.07) is 17.7. The van der Waals surface area contributed by atoms with Crippen molar-refractivity contribution in [1.29, 1.82) is 0 Å². The predicted octanol–water partition coefficient (Wildman–Crippen LogP) is 3.55. The SMILES string of the molecule is CCOc1ccccc1NCC(=O)N(CC)Cc1ccccc1. The van der Waals surface area contributed by atoms with Gasteiger partial charge in [-0.2, -0.15) is 0 Å². The maximum Gasteiger partial charge on any atom is 0.242 e. The summed E-state index contributed by atoms with van der Waals surface area (Å²) in [7, 11) is 0. The van der Waals surface area contributed by atoms with Crippen LogP contribution in [0.4, 0.5) is 5.69 Å². The highest BCUT2D eigenvalue weighted by Crippen LogP contribution is 2.23. The molecule has 0 unspecified atom stereocenters. The van der Waals surface area contributed by atoms with E-state index in [0.29, 0.717) is 19.7 Å². The van der Waals surface area contributed by atoms with Crippen molar-refractivity contribution in [3.63, 3.8) is 0 Å². The minimum Gasteiger partial charge on any atom is -0.492 e. The van der Waals surface area contributed by atoms with E-state index < -0.39 is 0 Å². The Labute approximate surface area is 138 Å². The zero-order chi connectivity index (χ0) is 16.5. The number of hydrogen-bond acceptors (Lipinski definition) is 3. The summed E-state index contributed by atoms with van der Waals surface area (Å²) < 4.78 is 5.56. The van der Waals surface area contributed by atoms with Crippen molar-refractivity contribution in [3.05, 3.63) is 60.2 Å². The van der Waals surface area contributed by atoms with Crippen LogP contribution in [0.3, 0.4) is 0 Å². The van der Waals surface area contributed by atoms with Gasteiger partial charge in [0.1, 0.15) is 5.75 Å². The molecule has 4 nitrogen and oxygen atoms in total. The molecule has 0 saturated heterocycles. The summed E-state index contributed by atoms with van der Waals surface area (Å²) in [4.78, 5) is 14.3. The minimum absolute atomic E-state index is 0.0719. The van der Waals surface area contributed by atoms with Gasteiger partial charge in [0.05, 0.1) is 18.8 Å². The molecule has 2 aromatic rings. The Hall–Kier alpha value is -2.49. The number of likely N-dealkylation sites (N-methyl/N-ethyl adjacent to an activating group) is 1. The Morgan fingerprint density at radius 2 is 1.74 bits per heavy atom. The molecular formula is C19H24N2O2. The number of rotatable bonds is 8. The molecule has 0 fully saturated rings. The molecular weight excluding hydrogens is 288 g/mol. The second kappa shape index (κ2) is 8.83. The molecule has 23 heavy (non-hydrogen) atoms. The lowest BCUT2D eigenvalue weighted by molar-refractivity contribution is -0.129. The molecule has 0 aromatic heterocycles. The van der Waals surface area contributed by atoms with Gasteiger partial charge in [0.15, 0.2) is 0 Å². The number of ether oxygens (including phenoxy) is 1. The van der Waals surface area contributed by atoms with Crippen LogP contribution in [0.15, 0.2) is 54.6 Å². The lowest BCUT2D eigenvalue weighted by Gasteiger charge is -2.22. The highest BCUT2D eigenvalue weighted by molar-refractivity contribution is 5.81. The van der Waals surface area contributed by atoms with E-state index >= 15 is 0 Å². The smallest absolute Gasteiger partial charge is 0.242 e. The highest BCUT2D eigenvalue weighted by atomic mass is 16.5. The van der Waals surface area contributed by atoms with Gasteiger partial charge in [-0.3, -0.25) is 4.79 Å². The minimum atomic E-state index is 0.0719. The number of amides is 1. The first-order chi connectivity index (χ1) is 11.2. The van der Waals surface area contributed by atoms with E-state index in [4.69, 9.17) is 4.74 Å². The summed E-state index contributed by atoms with van der Waals surface area (Å²) >= 11 is 0. The number of nitrogens with one attached hydrogen (secondary N) is 1. The van der Waals surface area contributed by atoms with Gasteiger partial charge in [-0.1, -0.05) is 42.5 Å². The van der Waals surface area contributed by atoms with Crippen molar-refractivity contribution in [1.82, 2.24) is 4.90 Å². The van der Waals surface area contributed by atoms with E-state index in [1.807, 2.05) is 73.3 Å². The van der Waals surface area contributed by atoms with E-state index in [0.717, 1.165) is 17.0 Å². The van der Waals surface area contributed by atoms with Gasteiger partial charge in [-0.05, 0) is 31.5 Å². The van der Waals surface area contributed by atoms with Gasteiger partial charge >= 0.3 is 0 Å². The summed E-state index contributed by atoms with van der Waals surface area (Å²) in [6.07, 6.45) is 0. The molecule has 122 valence electrons. The van der Waals surface area contributed by atoms with Crippen LogP contribution in [0.25, 0.3) is 0 Å². The average molecular weight is 312 g/mol. The third-order valence-electron chi connectivity index (χ3n) is 3.57. The number of nitrogens with zero attached hydrogens (tertiary/aromatic N) is 1. The largest absolute Gasteiger partial charge is 0.492 e. The lowest BCUT2D eigenvalue weighted by Crippen LogP contribution is -2.35. The van der Waals surface area contributed by atoms with E-state index in [-0.39, 0.29) is 12.5 Å². The van der Waals surface area contributed by atoms with E-state index in [2.05, 4.69) is 5.32 Å². The van der Waals surface area contributed by atoms with E-state index in [1.54, 1.807) is 0 Å². The molecule has 0 atom stereocenters. The number of anilines is 1. The molecule has 0 aliphatic heterocycles. The number of benzene rings is 2. The molecule has 1 amide bonds. The maximum absolute atomic E-state index is 12.4. The molecule has 2 aromatic carbocycles. The fourth-order valence-electron chi connectivity index (χ4n) is 2.36. The fraction of sp³-hybridized carbons (Fsp3) is 0.316. The number of carbonyl (C=O) groups is 1. The van der Waals surface area contributed by atoms with Crippen LogP contribution in [0.1, 0.15) is 19.4 Å². The molecule has 0 spiro atoms. The van der Waals surface area contributed by atoms with Gasteiger partial charge in [-0.25, -0.2) is 0 Å². The summed E-state index contributed by atoms with van der Waals surface area (Å²) in [5.74, 6) is 0.844. The van der Waals surface area contributed by atoms with Crippen LogP contribution in [0.5, 0.6) is 5.75 Å². The van der Waals surface area contributed by atoms with Crippen LogP contribution < -0.4 is 10.1 Å². The molecule has 0 aliphatic carbocycles. The quantitative estimate of drug-likeness (QED) is 0.810. The Kier molecular flexibility index (Phi) is 6.48. The molecule has 1 N–H and O–H groups in total. The second-order valence-corrected chi connectivity index (χ2v) is 5.18. The third-order valence-corrected chi connectivity index (χ3v) is 3.57. The fourth-order valence-corrected chi connectivity index (χ4v) is 2.36. The predicted molar refractivity (Wildman–Crippen MR) is 93.6 cm³/mol. The van der Waals surface area contributed by atoms with Crippen molar-refractivity contribution in [3.8, 4) is 5.75 Å². The molecule has 0 heterocycles. The van der Waals surface area contributed by atoms with Crippen LogP contribution in [-0.2, 0) is 11.3 Å². The van der Waals surface area contributed by atoms with Crippen LogP contribution >= 0.6 is 0 Å². The second-order valence-electron chi connectivity index (χ2n) is 5.18. The molecule has 0 bridgehead atoms. The zero-order valence-electron chi connectivity index (χ0n) is 13.8. The van der Waals surface area contributed by atoms with Crippen molar-refractivity contribution < 1.29 is 9.53 Å². The van der Waals surface area contributed by atoms with Gasteiger partial charge in [-0.15, -0.1) is 0 Å². The Morgan fingerprint density at radius 1 is 1.04 bits per heavy atom. The van der Waals surface area contributed by atoms with Crippen LogP contribution in [0.2, 0.25) is 0 Å². The monoisotopic (exact) mass is 312 g/mol. The van der Waals surface area contributed by atoms with Crippen molar-refractivity contribution in [2.75, 3.05) is 25.0 Å². The van der Waals surface area contributed by atoms with Crippen LogP contribution in [0, 0.1) is 0 Å². The van der Waals surface area contributed by atoms with Gasteiger partial charge in [0, 0.05) is 13.1 Å². The highest BCUT2D eigenvalue weighted by Gasteiger charge is 2.12. The zero-order valence-corrected chi connectivity index (χ0v) is 13.8. The Morgan fingerprint density at radius 3 is 2.43 bits per heavy atom. The molecule has 4 heteroatoms. The van der Waals surface area contributed by atoms with Crippen molar-refractivity contribution >= 4 is 11.6 Å². The van der Waals surface area contributed by atoms with E-state index in [1.165, 1.54) is 0 Å². The number of carbonyl (C=O) groups excluding carboxylic acids is 1. The first kappa shape index (κ1) is 16.9. The lowest BCUT2D eigenvalue weighted by atomic mass is 10.2. The Balaban J connectivity index is 1.95. The molecule has 0 aliphatic rings. The normalized spacial score (nSPS) is 10.2. The first-order valence-electron chi connectivity index (χ1n) is 8.02. The van der Waals surface area contributed by atoms with Crippen LogP contribution in [-0.4, -0.2) is 30.5 Å². The van der Waals surface area contributed by atoms with Crippen molar-refractivity contribution in [2.45, 2.75) is 20.4 Å².